The van der Waals surface area contributed by atoms with Crippen molar-refractivity contribution in [2.45, 2.75) is 0 Å². The number of carbonyl (C=O) groups is 3. The maximum Gasteiger partial charge on any atom is 0.352 e. The Morgan fingerprint density at radius 1 is 0.793 bits per heavy atom. The number of benzene rings is 3. The average molecular weight is 387 g/mol. The van der Waals surface area contributed by atoms with Gasteiger partial charge in [-0.25, -0.2) is 9.59 Å². The van der Waals surface area contributed by atoms with E-state index in [1.54, 1.807) is 72.8 Å². The van der Waals surface area contributed by atoms with E-state index in [0.717, 1.165) is 0 Å². The molecule has 0 heterocycles. The monoisotopic (exact) mass is 387 g/mol. The number of carboxylic acid groups (broad SMARTS) is 2. The molecule has 0 spiro atoms. The lowest BCUT2D eigenvalue weighted by Crippen LogP contribution is -2.27. The topological polar surface area (TPSA) is 104 Å². The van der Waals surface area contributed by atoms with Crippen LogP contribution in [-0.4, -0.2) is 28.1 Å². The predicted molar refractivity (Wildman–Crippen MR) is 108 cm³/mol. The Morgan fingerprint density at radius 2 is 1.48 bits per heavy atom. The fourth-order valence-electron chi connectivity index (χ4n) is 2.82. The standard InChI is InChI=1S/C23H17NO5/c25-21(16-8-2-1-3-9-16)24-20(23(28)29)14-15-7-6-10-17(13-15)18-11-4-5-12-19(18)22(26)27/h1-14H,(H,24,25)(H,26,27)(H,28,29). The zero-order valence-corrected chi connectivity index (χ0v) is 15.2. The number of nitrogens with one attached hydrogen (secondary N) is 1. The zero-order chi connectivity index (χ0) is 20.8. The van der Waals surface area contributed by atoms with E-state index < -0.39 is 17.8 Å². The first-order valence-corrected chi connectivity index (χ1v) is 8.70. The Morgan fingerprint density at radius 3 is 2.17 bits per heavy atom. The Bertz CT molecular complexity index is 1100. The zero-order valence-electron chi connectivity index (χ0n) is 15.2. The minimum atomic E-state index is -1.29. The number of amides is 1. The summed E-state index contributed by atoms with van der Waals surface area (Å²) in [6, 6.07) is 21.6. The third kappa shape index (κ3) is 4.75. The summed E-state index contributed by atoms with van der Waals surface area (Å²) in [4.78, 5) is 35.4. The van der Waals surface area contributed by atoms with E-state index in [1.165, 1.54) is 12.1 Å². The number of rotatable bonds is 6. The Labute approximate surface area is 166 Å². The lowest BCUT2D eigenvalue weighted by molar-refractivity contribution is -0.132. The van der Waals surface area contributed by atoms with Crippen molar-refractivity contribution in [1.29, 1.82) is 0 Å². The van der Waals surface area contributed by atoms with E-state index in [-0.39, 0.29) is 11.3 Å². The highest BCUT2D eigenvalue weighted by molar-refractivity contribution is 6.03. The van der Waals surface area contributed by atoms with Crippen LogP contribution in [-0.2, 0) is 4.79 Å². The lowest BCUT2D eigenvalue weighted by atomic mass is 9.98. The molecule has 3 aromatic rings. The second kappa shape index (κ2) is 8.67. The molecule has 0 aliphatic carbocycles. The van der Waals surface area contributed by atoms with Crippen molar-refractivity contribution >= 4 is 23.9 Å². The Kier molecular flexibility index (Phi) is 5.85. The molecule has 29 heavy (non-hydrogen) atoms. The van der Waals surface area contributed by atoms with Crippen molar-refractivity contribution in [2.24, 2.45) is 0 Å². The van der Waals surface area contributed by atoms with Gasteiger partial charge in [0.2, 0.25) is 0 Å². The lowest BCUT2D eigenvalue weighted by Gasteiger charge is -2.09. The first-order valence-electron chi connectivity index (χ1n) is 8.70. The van der Waals surface area contributed by atoms with Crippen LogP contribution in [0.15, 0.2) is 84.6 Å². The SMILES string of the molecule is O=C(O)C(=Cc1cccc(-c2ccccc2C(=O)O)c1)NC(=O)c1ccccc1. The van der Waals surface area contributed by atoms with Crippen molar-refractivity contribution in [1.82, 2.24) is 5.32 Å². The van der Waals surface area contributed by atoms with Crippen LogP contribution in [0.1, 0.15) is 26.3 Å². The van der Waals surface area contributed by atoms with Gasteiger partial charge in [-0.2, -0.15) is 0 Å². The number of aromatic carboxylic acids is 1. The molecule has 1 amide bonds. The Balaban J connectivity index is 1.94. The molecule has 3 rings (SSSR count). The van der Waals surface area contributed by atoms with Crippen LogP contribution >= 0.6 is 0 Å². The van der Waals surface area contributed by atoms with E-state index in [1.807, 2.05) is 0 Å². The van der Waals surface area contributed by atoms with Gasteiger partial charge in [0.1, 0.15) is 5.70 Å². The number of hydrogen-bond acceptors (Lipinski definition) is 3. The molecule has 0 saturated carbocycles. The third-order valence-electron chi connectivity index (χ3n) is 4.18. The fraction of sp³-hybridized carbons (Fsp3) is 0. The maximum atomic E-state index is 12.3. The quantitative estimate of drug-likeness (QED) is 0.557. The highest BCUT2D eigenvalue weighted by Crippen LogP contribution is 2.25. The molecule has 0 bridgehead atoms. The van der Waals surface area contributed by atoms with E-state index in [2.05, 4.69) is 5.32 Å². The van der Waals surface area contributed by atoms with Crippen LogP contribution in [0.2, 0.25) is 0 Å². The van der Waals surface area contributed by atoms with Gasteiger partial charge >= 0.3 is 11.9 Å². The average Bonchev–Trinajstić information content (AvgIpc) is 2.74. The summed E-state index contributed by atoms with van der Waals surface area (Å²) in [6.07, 6.45) is 1.33. The van der Waals surface area contributed by atoms with Crippen molar-refractivity contribution in [3.8, 4) is 11.1 Å². The Hall–Kier alpha value is -4.19. The maximum absolute atomic E-state index is 12.3. The molecule has 0 saturated heterocycles. The normalized spacial score (nSPS) is 11.0. The first kappa shape index (κ1) is 19.6. The van der Waals surface area contributed by atoms with Crippen LogP contribution in [0.25, 0.3) is 17.2 Å². The molecule has 6 nitrogen and oxygen atoms in total. The van der Waals surface area contributed by atoms with E-state index >= 15 is 0 Å². The van der Waals surface area contributed by atoms with Gasteiger partial charge in [0, 0.05) is 5.56 Å². The molecular weight excluding hydrogens is 370 g/mol. The van der Waals surface area contributed by atoms with Gasteiger partial charge in [0.25, 0.3) is 5.91 Å². The number of aliphatic carboxylic acids is 1. The van der Waals surface area contributed by atoms with Crippen molar-refractivity contribution < 1.29 is 24.6 Å². The van der Waals surface area contributed by atoms with Crippen LogP contribution in [0.4, 0.5) is 0 Å². The number of carbonyl (C=O) groups excluding carboxylic acids is 1. The molecule has 3 aromatic carbocycles. The van der Waals surface area contributed by atoms with Gasteiger partial charge in [-0.1, -0.05) is 54.6 Å². The van der Waals surface area contributed by atoms with Gasteiger partial charge in [-0.15, -0.1) is 0 Å². The van der Waals surface area contributed by atoms with Gasteiger partial charge in [-0.05, 0) is 47.0 Å². The summed E-state index contributed by atoms with van der Waals surface area (Å²) >= 11 is 0. The molecular formula is C23H17NO5. The summed E-state index contributed by atoms with van der Waals surface area (Å²) in [7, 11) is 0. The van der Waals surface area contributed by atoms with E-state index in [4.69, 9.17) is 0 Å². The summed E-state index contributed by atoms with van der Waals surface area (Å²) in [6.45, 7) is 0. The second-order valence-corrected chi connectivity index (χ2v) is 6.16. The highest BCUT2D eigenvalue weighted by atomic mass is 16.4. The molecule has 144 valence electrons. The predicted octanol–water partition coefficient (Wildman–Crippen LogP) is 3.91. The molecule has 0 aliphatic heterocycles. The molecule has 0 atom stereocenters. The smallest absolute Gasteiger partial charge is 0.352 e. The van der Waals surface area contributed by atoms with Crippen LogP contribution in [0.5, 0.6) is 0 Å². The summed E-state index contributed by atoms with van der Waals surface area (Å²) in [5, 5.41) is 21.3. The van der Waals surface area contributed by atoms with Gasteiger partial charge in [-0.3, -0.25) is 4.79 Å². The van der Waals surface area contributed by atoms with Crippen LogP contribution in [0, 0.1) is 0 Å². The largest absolute Gasteiger partial charge is 0.478 e. The van der Waals surface area contributed by atoms with Crippen LogP contribution < -0.4 is 5.32 Å². The van der Waals surface area contributed by atoms with Gasteiger partial charge in [0.15, 0.2) is 0 Å². The van der Waals surface area contributed by atoms with Crippen molar-refractivity contribution in [3.63, 3.8) is 0 Å². The van der Waals surface area contributed by atoms with E-state index in [0.29, 0.717) is 22.3 Å². The van der Waals surface area contributed by atoms with Gasteiger partial charge in [0.05, 0.1) is 5.56 Å². The summed E-state index contributed by atoms with van der Waals surface area (Å²) in [5.41, 5.74) is 1.83. The first-order chi connectivity index (χ1) is 14.0. The minimum absolute atomic E-state index is 0.143. The number of hydrogen-bond donors (Lipinski definition) is 3. The molecule has 6 heteroatoms. The van der Waals surface area contributed by atoms with Crippen molar-refractivity contribution in [3.05, 3.63) is 101 Å². The molecule has 0 radical (unpaired) electrons. The minimum Gasteiger partial charge on any atom is -0.478 e. The molecule has 3 N–H and O–H groups in total. The third-order valence-corrected chi connectivity index (χ3v) is 4.18. The van der Waals surface area contributed by atoms with Gasteiger partial charge < -0.3 is 15.5 Å². The highest BCUT2D eigenvalue weighted by Gasteiger charge is 2.14. The number of carboxylic acids is 2. The molecule has 0 fully saturated rings. The van der Waals surface area contributed by atoms with Crippen LogP contribution in [0.3, 0.4) is 0 Å². The molecule has 0 unspecified atom stereocenters. The summed E-state index contributed by atoms with van der Waals surface area (Å²) < 4.78 is 0. The van der Waals surface area contributed by atoms with Crippen molar-refractivity contribution in [2.75, 3.05) is 0 Å². The molecule has 0 aliphatic rings. The fourth-order valence-corrected chi connectivity index (χ4v) is 2.82. The molecule has 0 aromatic heterocycles. The second-order valence-electron chi connectivity index (χ2n) is 6.16. The summed E-state index contributed by atoms with van der Waals surface area (Å²) in [5.74, 6) is -2.87. The van der Waals surface area contributed by atoms with E-state index in [9.17, 15) is 24.6 Å².